The maximum atomic E-state index is 11.2. The molecule has 22 heavy (non-hydrogen) atoms. The van der Waals surface area contributed by atoms with Crippen LogP contribution in [0.25, 0.3) is 11.0 Å². The Bertz CT molecular complexity index is 959. The van der Waals surface area contributed by atoms with Crippen molar-refractivity contribution in [1.82, 2.24) is 9.97 Å². The standard InChI is InChI=1S/C14H12N4O3S/c15-22(20,21)10-5-3-9(4-6-10)17-8-12-11-2-1-7-16-13(11)18-14(12)19/h1-8,19H,(H,16,18)(H2,15,20,21). The average molecular weight is 316 g/mol. The molecule has 3 aromatic rings. The largest absolute Gasteiger partial charge is 0.494 e. The van der Waals surface area contributed by atoms with Crippen LogP contribution in [0.1, 0.15) is 5.56 Å². The molecule has 0 aliphatic rings. The Labute approximate surface area is 126 Å². The Balaban J connectivity index is 1.95. The van der Waals surface area contributed by atoms with Crippen LogP contribution in [0, 0.1) is 0 Å². The second-order valence-corrected chi connectivity index (χ2v) is 6.15. The van der Waals surface area contributed by atoms with Crippen molar-refractivity contribution in [2.24, 2.45) is 10.1 Å². The normalized spacial score (nSPS) is 12.2. The third-order valence-electron chi connectivity index (χ3n) is 3.10. The first-order valence-corrected chi connectivity index (χ1v) is 7.82. The summed E-state index contributed by atoms with van der Waals surface area (Å²) in [6.07, 6.45) is 3.10. The first-order chi connectivity index (χ1) is 10.4. The Morgan fingerprint density at radius 1 is 1.23 bits per heavy atom. The molecule has 0 bridgehead atoms. The van der Waals surface area contributed by atoms with Gasteiger partial charge in [-0.3, -0.25) is 4.99 Å². The highest BCUT2D eigenvalue weighted by molar-refractivity contribution is 7.89. The van der Waals surface area contributed by atoms with Crippen molar-refractivity contribution >= 4 is 33.0 Å². The highest BCUT2D eigenvalue weighted by atomic mass is 32.2. The smallest absolute Gasteiger partial charge is 0.238 e. The van der Waals surface area contributed by atoms with E-state index < -0.39 is 10.0 Å². The molecule has 0 atom stereocenters. The van der Waals surface area contributed by atoms with Crippen LogP contribution < -0.4 is 5.14 Å². The van der Waals surface area contributed by atoms with Gasteiger partial charge >= 0.3 is 0 Å². The zero-order valence-corrected chi connectivity index (χ0v) is 12.1. The maximum Gasteiger partial charge on any atom is 0.238 e. The summed E-state index contributed by atoms with van der Waals surface area (Å²) < 4.78 is 22.4. The van der Waals surface area contributed by atoms with E-state index in [2.05, 4.69) is 15.0 Å². The molecule has 0 spiro atoms. The minimum atomic E-state index is -3.72. The molecular weight excluding hydrogens is 304 g/mol. The summed E-state index contributed by atoms with van der Waals surface area (Å²) >= 11 is 0. The van der Waals surface area contributed by atoms with Gasteiger partial charge in [0.25, 0.3) is 0 Å². The van der Waals surface area contributed by atoms with Gasteiger partial charge in [-0.1, -0.05) is 0 Å². The molecule has 0 saturated carbocycles. The van der Waals surface area contributed by atoms with Crippen molar-refractivity contribution in [1.29, 1.82) is 0 Å². The zero-order chi connectivity index (χ0) is 15.7. The summed E-state index contributed by atoms with van der Waals surface area (Å²) in [4.78, 5) is 11.1. The van der Waals surface area contributed by atoms with Crippen LogP contribution in [-0.2, 0) is 10.0 Å². The molecule has 0 amide bonds. The van der Waals surface area contributed by atoms with Crippen LogP contribution >= 0.6 is 0 Å². The first kappa shape index (κ1) is 14.2. The molecule has 2 aromatic heterocycles. The van der Waals surface area contributed by atoms with Gasteiger partial charge in [-0.25, -0.2) is 18.5 Å². The van der Waals surface area contributed by atoms with E-state index >= 15 is 0 Å². The van der Waals surface area contributed by atoms with Gasteiger partial charge in [-0.05, 0) is 36.4 Å². The molecule has 4 N–H and O–H groups in total. The van der Waals surface area contributed by atoms with Crippen LogP contribution in [-0.4, -0.2) is 29.7 Å². The molecule has 2 heterocycles. The van der Waals surface area contributed by atoms with Gasteiger partial charge < -0.3 is 10.1 Å². The summed E-state index contributed by atoms with van der Waals surface area (Å²) in [5.74, 6) is -0.0291. The molecule has 0 unspecified atom stereocenters. The molecule has 0 aliphatic carbocycles. The van der Waals surface area contributed by atoms with E-state index in [4.69, 9.17) is 5.14 Å². The van der Waals surface area contributed by atoms with Crippen molar-refractivity contribution in [3.63, 3.8) is 0 Å². The third-order valence-corrected chi connectivity index (χ3v) is 4.03. The van der Waals surface area contributed by atoms with Gasteiger partial charge in [0.2, 0.25) is 10.0 Å². The number of hydrogen-bond acceptors (Lipinski definition) is 5. The third kappa shape index (κ3) is 2.69. The Morgan fingerprint density at radius 3 is 2.64 bits per heavy atom. The molecule has 7 nitrogen and oxygen atoms in total. The van der Waals surface area contributed by atoms with Crippen molar-refractivity contribution in [2.45, 2.75) is 4.90 Å². The van der Waals surface area contributed by atoms with E-state index in [9.17, 15) is 13.5 Å². The van der Waals surface area contributed by atoms with E-state index in [0.717, 1.165) is 5.39 Å². The fourth-order valence-electron chi connectivity index (χ4n) is 2.02. The van der Waals surface area contributed by atoms with Gasteiger partial charge in [0.15, 0.2) is 5.88 Å². The number of fused-ring (bicyclic) bond motifs is 1. The zero-order valence-electron chi connectivity index (χ0n) is 11.3. The number of aliphatic imine (C=N–C) groups is 1. The predicted octanol–water partition coefficient (Wildman–Crippen LogP) is 1.67. The molecule has 0 fully saturated rings. The van der Waals surface area contributed by atoms with Crippen LogP contribution in [0.4, 0.5) is 5.69 Å². The number of benzene rings is 1. The van der Waals surface area contributed by atoms with E-state index in [1.807, 2.05) is 6.07 Å². The number of sulfonamides is 1. The predicted molar refractivity (Wildman–Crippen MR) is 82.8 cm³/mol. The lowest BCUT2D eigenvalue weighted by Gasteiger charge is -1.98. The SMILES string of the molecule is NS(=O)(=O)c1ccc(N=Cc2c(O)[nH]c3ncccc23)cc1. The number of rotatable bonds is 3. The molecule has 1 aromatic carbocycles. The number of nitrogens with one attached hydrogen (secondary N) is 1. The maximum absolute atomic E-state index is 11.2. The molecule has 3 rings (SSSR count). The first-order valence-electron chi connectivity index (χ1n) is 6.28. The van der Waals surface area contributed by atoms with Crippen molar-refractivity contribution in [3.05, 3.63) is 48.2 Å². The second-order valence-electron chi connectivity index (χ2n) is 4.58. The summed E-state index contributed by atoms with van der Waals surface area (Å²) in [5, 5.41) is 15.7. The van der Waals surface area contributed by atoms with Crippen molar-refractivity contribution < 1.29 is 13.5 Å². The minimum Gasteiger partial charge on any atom is -0.494 e. The van der Waals surface area contributed by atoms with Gasteiger partial charge in [0.1, 0.15) is 5.65 Å². The van der Waals surface area contributed by atoms with E-state index in [-0.39, 0.29) is 10.8 Å². The summed E-state index contributed by atoms with van der Waals surface area (Å²) in [7, 11) is -3.72. The number of aromatic amines is 1. The van der Waals surface area contributed by atoms with Gasteiger partial charge in [-0.15, -0.1) is 0 Å². The Kier molecular flexibility index (Phi) is 3.39. The number of aromatic nitrogens is 2. The molecule has 0 aliphatic heterocycles. The summed E-state index contributed by atoms with van der Waals surface area (Å²) in [6, 6.07) is 9.37. The number of primary sulfonamides is 1. The van der Waals surface area contributed by atoms with E-state index in [1.54, 1.807) is 12.3 Å². The monoisotopic (exact) mass is 316 g/mol. The highest BCUT2D eigenvalue weighted by Gasteiger charge is 2.09. The number of hydrogen-bond donors (Lipinski definition) is 3. The Hall–Kier alpha value is -2.71. The van der Waals surface area contributed by atoms with Crippen LogP contribution in [0.2, 0.25) is 0 Å². The van der Waals surface area contributed by atoms with Gasteiger partial charge in [-0.2, -0.15) is 0 Å². The number of pyridine rings is 1. The fourth-order valence-corrected chi connectivity index (χ4v) is 2.54. The molecule has 0 saturated heterocycles. The van der Waals surface area contributed by atoms with Crippen LogP contribution in [0.15, 0.2) is 52.5 Å². The second kappa shape index (κ2) is 5.24. The van der Waals surface area contributed by atoms with Gasteiger partial charge in [0.05, 0.1) is 16.1 Å². The number of nitrogens with zero attached hydrogens (tertiary/aromatic N) is 2. The number of H-pyrrole nitrogens is 1. The average Bonchev–Trinajstić information content (AvgIpc) is 2.80. The van der Waals surface area contributed by atoms with E-state index in [1.165, 1.54) is 30.5 Å². The quantitative estimate of drug-likeness (QED) is 0.636. The number of nitrogens with two attached hydrogens (primary N) is 1. The van der Waals surface area contributed by atoms with E-state index in [0.29, 0.717) is 16.9 Å². The van der Waals surface area contributed by atoms with Gasteiger partial charge in [0, 0.05) is 17.8 Å². The van der Waals surface area contributed by atoms with Crippen molar-refractivity contribution in [2.75, 3.05) is 0 Å². The molecule has 0 radical (unpaired) electrons. The van der Waals surface area contributed by atoms with Crippen molar-refractivity contribution in [3.8, 4) is 5.88 Å². The topological polar surface area (TPSA) is 121 Å². The lowest BCUT2D eigenvalue weighted by molar-refractivity contribution is 0.457. The van der Waals surface area contributed by atoms with Crippen LogP contribution in [0.5, 0.6) is 5.88 Å². The molecular formula is C14H12N4O3S. The lowest BCUT2D eigenvalue weighted by atomic mass is 10.2. The minimum absolute atomic E-state index is 0.0191. The molecule has 112 valence electrons. The highest BCUT2D eigenvalue weighted by Crippen LogP contribution is 2.24. The summed E-state index contributed by atoms with van der Waals surface area (Å²) in [5.41, 5.74) is 1.61. The molecule has 8 heteroatoms. The lowest BCUT2D eigenvalue weighted by Crippen LogP contribution is -2.11. The Morgan fingerprint density at radius 2 is 1.95 bits per heavy atom. The summed E-state index contributed by atoms with van der Waals surface area (Å²) in [6.45, 7) is 0. The van der Waals surface area contributed by atoms with Crippen LogP contribution in [0.3, 0.4) is 0 Å². The number of aromatic hydroxyl groups is 1. The fraction of sp³-hybridized carbons (Fsp3) is 0.